The molecule has 1 aromatic heterocycles. The summed E-state index contributed by atoms with van der Waals surface area (Å²) in [6.07, 6.45) is 1.84. The number of benzene rings is 4. The summed E-state index contributed by atoms with van der Waals surface area (Å²) in [4.78, 5) is 9.24. The van der Waals surface area contributed by atoms with Gasteiger partial charge in [-0.15, -0.1) is 0 Å². The minimum absolute atomic E-state index is 0.552. The predicted molar refractivity (Wildman–Crippen MR) is 129 cm³/mol. The molecule has 4 heteroatoms. The number of hydrogen-bond acceptors (Lipinski definition) is 4. The van der Waals surface area contributed by atoms with E-state index >= 15 is 0 Å². The maximum absolute atomic E-state index is 5.92. The van der Waals surface area contributed by atoms with Crippen LogP contribution in [0.3, 0.4) is 0 Å². The van der Waals surface area contributed by atoms with Gasteiger partial charge in [0.2, 0.25) is 5.89 Å². The van der Waals surface area contributed by atoms with E-state index in [4.69, 9.17) is 9.15 Å². The summed E-state index contributed by atoms with van der Waals surface area (Å²) in [5, 5.41) is 0. The van der Waals surface area contributed by atoms with Crippen molar-refractivity contribution in [2.75, 3.05) is 0 Å². The highest BCUT2D eigenvalue weighted by atomic mass is 16.5. The highest BCUT2D eigenvalue weighted by Crippen LogP contribution is 2.27. The molecule has 1 heterocycles. The molecule has 0 amide bonds. The summed E-state index contributed by atoms with van der Waals surface area (Å²) >= 11 is 0. The van der Waals surface area contributed by atoms with Crippen LogP contribution in [-0.2, 0) is 6.61 Å². The van der Waals surface area contributed by atoms with Crippen LogP contribution >= 0.6 is 0 Å². The lowest BCUT2D eigenvalue weighted by molar-refractivity contribution is 0.306. The monoisotopic (exact) mass is 418 g/mol. The molecule has 0 spiro atoms. The number of fused-ring (bicyclic) bond motifs is 1. The van der Waals surface area contributed by atoms with Crippen molar-refractivity contribution < 1.29 is 9.15 Å². The smallest absolute Gasteiger partial charge is 0.227 e. The van der Waals surface area contributed by atoms with Gasteiger partial charge in [-0.25, -0.2) is 4.98 Å². The van der Waals surface area contributed by atoms with E-state index < -0.39 is 0 Å². The summed E-state index contributed by atoms with van der Waals surface area (Å²) in [5.41, 5.74) is 6.69. The Morgan fingerprint density at radius 1 is 0.875 bits per heavy atom. The molecule has 5 aromatic rings. The Kier molecular flexibility index (Phi) is 5.50. The van der Waals surface area contributed by atoms with Crippen LogP contribution in [0.25, 0.3) is 22.6 Å². The molecule has 0 unspecified atom stereocenters. The molecule has 0 bridgehead atoms. The summed E-state index contributed by atoms with van der Waals surface area (Å²) in [6.45, 7) is 2.60. The van der Waals surface area contributed by atoms with Crippen LogP contribution in [0.15, 0.2) is 106 Å². The van der Waals surface area contributed by atoms with Gasteiger partial charge in [0.05, 0.1) is 5.69 Å². The first-order chi connectivity index (χ1) is 15.7. The van der Waals surface area contributed by atoms with Crippen LogP contribution < -0.4 is 4.74 Å². The normalized spacial score (nSPS) is 11.3. The average Bonchev–Trinajstić information content (AvgIpc) is 3.26. The first-order valence-corrected chi connectivity index (χ1v) is 10.5. The van der Waals surface area contributed by atoms with Crippen molar-refractivity contribution in [1.29, 1.82) is 0 Å². The van der Waals surface area contributed by atoms with Crippen LogP contribution in [0.2, 0.25) is 0 Å². The van der Waals surface area contributed by atoms with Gasteiger partial charge in [0, 0.05) is 11.8 Å². The fraction of sp³-hybridized carbons (Fsp3) is 0.0714. The summed E-state index contributed by atoms with van der Waals surface area (Å²) < 4.78 is 11.8. The molecule has 0 aliphatic heterocycles. The van der Waals surface area contributed by atoms with Gasteiger partial charge < -0.3 is 9.15 Å². The van der Waals surface area contributed by atoms with E-state index in [0.29, 0.717) is 12.5 Å². The van der Waals surface area contributed by atoms with E-state index in [0.717, 1.165) is 44.8 Å². The molecule has 156 valence electrons. The minimum Gasteiger partial charge on any atom is -0.489 e. The molecule has 0 radical (unpaired) electrons. The molecular weight excluding hydrogens is 396 g/mol. The largest absolute Gasteiger partial charge is 0.489 e. The Bertz CT molecular complexity index is 1370. The molecule has 0 fully saturated rings. The van der Waals surface area contributed by atoms with Crippen molar-refractivity contribution in [3.63, 3.8) is 0 Å². The lowest BCUT2D eigenvalue weighted by atomic mass is 10.2. The van der Waals surface area contributed by atoms with Gasteiger partial charge >= 0.3 is 0 Å². The molecule has 5 rings (SSSR count). The molecule has 0 saturated carbocycles. The summed E-state index contributed by atoms with van der Waals surface area (Å²) in [7, 11) is 0. The van der Waals surface area contributed by atoms with E-state index in [1.54, 1.807) is 0 Å². The molecule has 0 aliphatic rings. The third kappa shape index (κ3) is 4.60. The van der Waals surface area contributed by atoms with Gasteiger partial charge in [0.15, 0.2) is 5.58 Å². The second-order valence-electron chi connectivity index (χ2n) is 7.64. The van der Waals surface area contributed by atoms with Crippen molar-refractivity contribution in [1.82, 2.24) is 4.98 Å². The van der Waals surface area contributed by atoms with Crippen LogP contribution in [0, 0.1) is 6.92 Å². The Morgan fingerprint density at radius 2 is 1.72 bits per heavy atom. The summed E-state index contributed by atoms with van der Waals surface area (Å²) in [6, 6.07) is 31.9. The standard InChI is InChI=1S/C28H22N2O2/c1-20-10-15-27-26(16-20)30-28(32-27)23-8-5-9-24(17-23)29-18-21-11-13-25(14-12-21)31-19-22-6-3-2-4-7-22/h2-18H,19H2,1H3. The number of aryl methyl sites for hydroxylation is 1. The number of hydrogen-bond donors (Lipinski definition) is 0. The quantitative estimate of drug-likeness (QED) is 0.276. The third-order valence-corrected chi connectivity index (χ3v) is 5.13. The Labute approximate surface area is 186 Å². The number of aliphatic imine (C=N–C) groups is 1. The molecule has 0 N–H and O–H groups in total. The maximum atomic E-state index is 5.92. The van der Waals surface area contributed by atoms with Crippen molar-refractivity contribution in [2.24, 2.45) is 4.99 Å². The highest BCUT2D eigenvalue weighted by molar-refractivity contribution is 5.83. The molecule has 4 nitrogen and oxygen atoms in total. The molecule has 4 aromatic carbocycles. The number of oxazole rings is 1. The number of rotatable bonds is 6. The molecule has 0 aliphatic carbocycles. The second kappa shape index (κ2) is 8.90. The number of ether oxygens (including phenoxy) is 1. The first kappa shape index (κ1) is 19.8. The van der Waals surface area contributed by atoms with Gasteiger partial charge in [-0.3, -0.25) is 4.99 Å². The van der Waals surface area contributed by atoms with Crippen LogP contribution in [0.1, 0.15) is 16.7 Å². The number of nitrogens with zero attached hydrogens (tertiary/aromatic N) is 2. The van der Waals surface area contributed by atoms with Gasteiger partial charge in [-0.2, -0.15) is 0 Å². The fourth-order valence-electron chi connectivity index (χ4n) is 3.42. The number of aromatic nitrogens is 1. The van der Waals surface area contributed by atoms with E-state index in [9.17, 15) is 0 Å². The van der Waals surface area contributed by atoms with E-state index in [1.807, 2.05) is 98.1 Å². The maximum Gasteiger partial charge on any atom is 0.227 e. The minimum atomic E-state index is 0.552. The van der Waals surface area contributed by atoms with Gasteiger partial charge in [-0.1, -0.05) is 42.5 Å². The van der Waals surface area contributed by atoms with Crippen molar-refractivity contribution in [2.45, 2.75) is 13.5 Å². The Balaban J connectivity index is 1.28. The zero-order valence-corrected chi connectivity index (χ0v) is 17.7. The topological polar surface area (TPSA) is 47.6 Å². The van der Waals surface area contributed by atoms with E-state index in [2.05, 4.69) is 22.1 Å². The third-order valence-electron chi connectivity index (χ3n) is 5.13. The zero-order chi connectivity index (χ0) is 21.8. The zero-order valence-electron chi connectivity index (χ0n) is 17.7. The summed E-state index contributed by atoms with van der Waals surface area (Å²) in [5.74, 6) is 1.43. The van der Waals surface area contributed by atoms with Crippen molar-refractivity contribution >= 4 is 23.0 Å². The lowest BCUT2D eigenvalue weighted by Crippen LogP contribution is -1.94. The lowest BCUT2D eigenvalue weighted by Gasteiger charge is -2.06. The molecular formula is C28H22N2O2. The highest BCUT2D eigenvalue weighted by Gasteiger charge is 2.08. The van der Waals surface area contributed by atoms with Gasteiger partial charge in [0.1, 0.15) is 17.9 Å². The molecule has 32 heavy (non-hydrogen) atoms. The first-order valence-electron chi connectivity index (χ1n) is 10.5. The SMILES string of the molecule is Cc1ccc2oc(-c3cccc(N=Cc4ccc(OCc5ccccc5)cc4)c3)nc2c1. The average molecular weight is 418 g/mol. The van der Waals surface area contributed by atoms with Crippen LogP contribution in [0.4, 0.5) is 5.69 Å². The van der Waals surface area contributed by atoms with Gasteiger partial charge in [-0.05, 0) is 78.2 Å². The van der Waals surface area contributed by atoms with Crippen LogP contribution in [0.5, 0.6) is 5.75 Å². The van der Waals surface area contributed by atoms with Crippen molar-refractivity contribution in [3.8, 4) is 17.2 Å². The Hall–Kier alpha value is -4.18. The van der Waals surface area contributed by atoms with Crippen molar-refractivity contribution in [3.05, 3.63) is 114 Å². The Morgan fingerprint density at radius 3 is 2.56 bits per heavy atom. The predicted octanol–water partition coefficient (Wildman–Crippen LogP) is 7.13. The second-order valence-corrected chi connectivity index (χ2v) is 7.64. The van der Waals surface area contributed by atoms with E-state index in [-0.39, 0.29) is 0 Å². The van der Waals surface area contributed by atoms with Crippen LogP contribution in [-0.4, -0.2) is 11.2 Å². The fourth-order valence-corrected chi connectivity index (χ4v) is 3.42. The van der Waals surface area contributed by atoms with Gasteiger partial charge in [0.25, 0.3) is 0 Å². The molecule has 0 atom stereocenters. The molecule has 0 saturated heterocycles. The van der Waals surface area contributed by atoms with E-state index in [1.165, 1.54) is 0 Å².